The Kier molecular flexibility index (Phi) is 4.20. The van der Waals surface area contributed by atoms with Crippen molar-refractivity contribution < 1.29 is 9.53 Å². The molecule has 2 rings (SSSR count). The molecule has 0 aliphatic carbocycles. The molecule has 0 radical (unpaired) electrons. The number of rotatable bonds is 3. The molecular formula is C13H12ClN3O2. The first-order valence-electron chi connectivity index (χ1n) is 5.51. The van der Waals surface area contributed by atoms with Crippen LogP contribution in [-0.4, -0.2) is 18.1 Å². The molecule has 0 spiro atoms. The lowest BCUT2D eigenvalue weighted by Crippen LogP contribution is -2.20. The number of methoxy groups -OCH3 is 1. The Labute approximate surface area is 115 Å². The molecule has 2 aromatic rings. The highest BCUT2D eigenvalue weighted by atomic mass is 35.5. The molecule has 0 fully saturated rings. The number of ether oxygens (including phenoxy) is 1. The lowest BCUT2D eigenvalue weighted by molar-refractivity contribution is 0.262. The van der Waals surface area contributed by atoms with Crippen LogP contribution in [0.2, 0.25) is 5.02 Å². The molecule has 0 unspecified atom stereocenters. The zero-order valence-corrected chi connectivity index (χ0v) is 10.9. The number of anilines is 2. The van der Waals surface area contributed by atoms with E-state index in [1.165, 1.54) is 7.11 Å². The van der Waals surface area contributed by atoms with Gasteiger partial charge in [-0.05, 0) is 30.3 Å². The third-order valence-electron chi connectivity index (χ3n) is 2.32. The molecule has 0 saturated carbocycles. The van der Waals surface area contributed by atoms with Crippen molar-refractivity contribution in [3.05, 3.63) is 47.6 Å². The summed E-state index contributed by atoms with van der Waals surface area (Å²) >= 11 is 5.88. The number of nitrogens with one attached hydrogen (secondary N) is 2. The topological polar surface area (TPSA) is 63.2 Å². The van der Waals surface area contributed by atoms with Crippen LogP contribution in [0, 0.1) is 0 Å². The Morgan fingerprint density at radius 2 is 2.11 bits per heavy atom. The highest BCUT2D eigenvalue weighted by Crippen LogP contribution is 2.27. The zero-order chi connectivity index (χ0) is 13.7. The van der Waals surface area contributed by atoms with Crippen LogP contribution in [0.3, 0.4) is 0 Å². The van der Waals surface area contributed by atoms with Gasteiger partial charge in [0.25, 0.3) is 0 Å². The maximum absolute atomic E-state index is 11.8. The second kappa shape index (κ2) is 6.06. The summed E-state index contributed by atoms with van der Waals surface area (Å²) in [6.45, 7) is 0. The van der Waals surface area contributed by atoms with Gasteiger partial charge >= 0.3 is 6.03 Å². The molecule has 19 heavy (non-hydrogen) atoms. The summed E-state index contributed by atoms with van der Waals surface area (Å²) in [5.74, 6) is 0.988. The van der Waals surface area contributed by atoms with Gasteiger partial charge in [0.2, 0.25) is 0 Å². The van der Waals surface area contributed by atoms with Crippen LogP contribution < -0.4 is 15.4 Å². The molecule has 1 aromatic heterocycles. The Morgan fingerprint density at radius 3 is 2.79 bits per heavy atom. The fraction of sp³-hybridized carbons (Fsp3) is 0.0769. The molecule has 6 heteroatoms. The Bertz CT molecular complexity index is 575. The van der Waals surface area contributed by atoms with E-state index in [-0.39, 0.29) is 0 Å². The minimum Gasteiger partial charge on any atom is -0.495 e. The van der Waals surface area contributed by atoms with Crippen molar-refractivity contribution in [3.63, 3.8) is 0 Å². The second-order valence-corrected chi connectivity index (χ2v) is 4.08. The smallest absolute Gasteiger partial charge is 0.324 e. The van der Waals surface area contributed by atoms with Gasteiger partial charge in [0.1, 0.15) is 11.6 Å². The number of aromatic nitrogens is 1. The summed E-state index contributed by atoms with van der Waals surface area (Å²) in [6, 6.07) is 9.79. The number of nitrogens with zero attached hydrogens (tertiary/aromatic N) is 1. The Hall–Kier alpha value is -2.27. The fourth-order valence-corrected chi connectivity index (χ4v) is 1.66. The average Bonchev–Trinajstić information content (AvgIpc) is 2.40. The van der Waals surface area contributed by atoms with E-state index in [1.807, 2.05) is 0 Å². The maximum atomic E-state index is 11.8. The van der Waals surface area contributed by atoms with E-state index >= 15 is 0 Å². The van der Waals surface area contributed by atoms with E-state index in [1.54, 1.807) is 42.6 Å². The number of carbonyl (C=O) groups excluding carboxylic acids is 1. The number of carbonyl (C=O) groups is 1. The molecule has 98 valence electrons. The van der Waals surface area contributed by atoms with Crippen LogP contribution in [0.4, 0.5) is 16.3 Å². The first-order valence-corrected chi connectivity index (χ1v) is 5.89. The van der Waals surface area contributed by atoms with Crippen molar-refractivity contribution in [2.24, 2.45) is 0 Å². The summed E-state index contributed by atoms with van der Waals surface area (Å²) in [5.41, 5.74) is 0.489. The van der Waals surface area contributed by atoms with Crippen LogP contribution >= 0.6 is 11.6 Å². The zero-order valence-electron chi connectivity index (χ0n) is 10.2. The van der Waals surface area contributed by atoms with Crippen LogP contribution in [0.1, 0.15) is 0 Å². The molecule has 0 aliphatic heterocycles. The largest absolute Gasteiger partial charge is 0.495 e. The van der Waals surface area contributed by atoms with Gasteiger partial charge in [0, 0.05) is 11.2 Å². The SMILES string of the molecule is COc1ccc(Cl)cc1NC(=O)Nc1ccccn1. The van der Waals surface area contributed by atoms with Crippen molar-refractivity contribution in [1.82, 2.24) is 4.98 Å². The van der Waals surface area contributed by atoms with Crippen molar-refractivity contribution in [2.45, 2.75) is 0 Å². The standard InChI is InChI=1S/C13H12ClN3O2/c1-19-11-6-5-9(14)8-10(11)16-13(18)17-12-4-2-3-7-15-12/h2-8H,1H3,(H2,15,16,17,18). The minimum absolute atomic E-state index is 0.417. The summed E-state index contributed by atoms with van der Waals surface area (Å²) in [7, 11) is 1.52. The van der Waals surface area contributed by atoms with Gasteiger partial charge in [-0.2, -0.15) is 0 Å². The third-order valence-corrected chi connectivity index (χ3v) is 2.55. The molecule has 0 aliphatic rings. The van der Waals surface area contributed by atoms with Crippen molar-refractivity contribution in [3.8, 4) is 5.75 Å². The first-order chi connectivity index (χ1) is 9.19. The molecule has 0 bridgehead atoms. The van der Waals surface area contributed by atoms with Gasteiger partial charge < -0.3 is 10.1 Å². The molecule has 1 aromatic carbocycles. The van der Waals surface area contributed by atoms with Gasteiger partial charge in [0.05, 0.1) is 12.8 Å². The van der Waals surface area contributed by atoms with E-state index in [9.17, 15) is 4.79 Å². The van der Waals surface area contributed by atoms with Crippen LogP contribution in [0.15, 0.2) is 42.6 Å². The van der Waals surface area contributed by atoms with E-state index in [4.69, 9.17) is 16.3 Å². The monoisotopic (exact) mass is 277 g/mol. The van der Waals surface area contributed by atoms with Gasteiger partial charge in [-0.1, -0.05) is 17.7 Å². The summed E-state index contributed by atoms with van der Waals surface area (Å²) in [4.78, 5) is 15.8. The summed E-state index contributed by atoms with van der Waals surface area (Å²) < 4.78 is 5.13. The predicted molar refractivity (Wildman–Crippen MR) is 74.9 cm³/mol. The number of hydrogen-bond acceptors (Lipinski definition) is 3. The van der Waals surface area contributed by atoms with Gasteiger partial charge in [-0.3, -0.25) is 5.32 Å². The van der Waals surface area contributed by atoms with Crippen molar-refractivity contribution in [2.75, 3.05) is 17.7 Å². The van der Waals surface area contributed by atoms with Crippen molar-refractivity contribution >= 4 is 29.1 Å². The van der Waals surface area contributed by atoms with Gasteiger partial charge in [0.15, 0.2) is 0 Å². The third kappa shape index (κ3) is 3.59. The summed E-state index contributed by atoms with van der Waals surface area (Å²) in [5, 5.41) is 5.76. The fourth-order valence-electron chi connectivity index (χ4n) is 1.48. The molecule has 0 saturated heterocycles. The number of urea groups is 1. The molecular weight excluding hydrogens is 266 g/mol. The normalized spacial score (nSPS) is 9.79. The molecule has 2 amide bonds. The van der Waals surface area contributed by atoms with Crippen LogP contribution in [-0.2, 0) is 0 Å². The van der Waals surface area contributed by atoms with Crippen LogP contribution in [0.5, 0.6) is 5.75 Å². The number of amides is 2. The maximum Gasteiger partial charge on any atom is 0.324 e. The number of halogens is 1. The molecule has 5 nitrogen and oxygen atoms in total. The quantitative estimate of drug-likeness (QED) is 0.904. The number of pyridine rings is 1. The first kappa shape index (κ1) is 13.2. The molecule has 0 atom stereocenters. The molecule has 1 heterocycles. The summed E-state index contributed by atoms with van der Waals surface area (Å²) in [6.07, 6.45) is 1.59. The second-order valence-electron chi connectivity index (χ2n) is 3.64. The Morgan fingerprint density at radius 1 is 1.26 bits per heavy atom. The average molecular weight is 278 g/mol. The van der Waals surface area contributed by atoms with Crippen LogP contribution in [0.25, 0.3) is 0 Å². The Balaban J connectivity index is 2.09. The van der Waals surface area contributed by atoms with Gasteiger partial charge in [-0.15, -0.1) is 0 Å². The lowest BCUT2D eigenvalue weighted by atomic mass is 10.3. The highest BCUT2D eigenvalue weighted by molar-refractivity contribution is 6.31. The van der Waals surface area contributed by atoms with E-state index in [0.717, 1.165) is 0 Å². The molecule has 2 N–H and O–H groups in total. The lowest BCUT2D eigenvalue weighted by Gasteiger charge is -2.11. The van der Waals surface area contributed by atoms with E-state index in [0.29, 0.717) is 22.3 Å². The highest BCUT2D eigenvalue weighted by Gasteiger charge is 2.08. The van der Waals surface area contributed by atoms with E-state index in [2.05, 4.69) is 15.6 Å². The number of benzene rings is 1. The van der Waals surface area contributed by atoms with Crippen molar-refractivity contribution in [1.29, 1.82) is 0 Å². The number of hydrogen-bond donors (Lipinski definition) is 2. The minimum atomic E-state index is -0.417. The van der Waals surface area contributed by atoms with Gasteiger partial charge in [-0.25, -0.2) is 9.78 Å². The predicted octanol–water partition coefficient (Wildman–Crippen LogP) is 3.39. The van der Waals surface area contributed by atoms with E-state index < -0.39 is 6.03 Å².